The average Bonchev–Trinajstić information content (AvgIpc) is 2.78. The zero-order chi connectivity index (χ0) is 11.5. The maximum atomic E-state index is 5.86. The number of hydrogen-bond acceptors (Lipinski definition) is 4. The van der Waals surface area contributed by atoms with Gasteiger partial charge in [-0.2, -0.15) is 0 Å². The van der Waals surface area contributed by atoms with E-state index < -0.39 is 0 Å². The molecular formula is C12H21N3O. The third-order valence-electron chi connectivity index (χ3n) is 3.53. The highest BCUT2D eigenvalue weighted by atomic mass is 16.3. The van der Waals surface area contributed by atoms with Gasteiger partial charge in [-0.05, 0) is 26.1 Å². The Morgan fingerprint density at radius 2 is 2.38 bits per heavy atom. The molecule has 4 nitrogen and oxygen atoms in total. The van der Waals surface area contributed by atoms with Crippen LogP contribution in [0.5, 0.6) is 0 Å². The summed E-state index contributed by atoms with van der Waals surface area (Å²) < 4.78 is 5.47. The van der Waals surface area contributed by atoms with Crippen LogP contribution in [0.2, 0.25) is 0 Å². The van der Waals surface area contributed by atoms with Crippen LogP contribution in [-0.2, 0) is 0 Å². The Kier molecular flexibility index (Phi) is 3.63. The Morgan fingerprint density at radius 3 is 2.94 bits per heavy atom. The van der Waals surface area contributed by atoms with Crippen LogP contribution in [0.1, 0.15) is 18.7 Å². The number of nitrogens with two attached hydrogens (primary N) is 1. The molecule has 1 fully saturated rings. The topological polar surface area (TPSA) is 45.6 Å². The van der Waals surface area contributed by atoms with E-state index in [9.17, 15) is 0 Å². The molecule has 1 aromatic heterocycles. The normalized spacial score (nSPS) is 25.8. The van der Waals surface area contributed by atoms with E-state index in [1.54, 1.807) is 6.26 Å². The lowest BCUT2D eigenvalue weighted by molar-refractivity contribution is 0.0665. The van der Waals surface area contributed by atoms with Crippen LogP contribution < -0.4 is 5.73 Å². The first-order valence-electron chi connectivity index (χ1n) is 5.90. The lowest BCUT2D eigenvalue weighted by atomic mass is 10.1. The van der Waals surface area contributed by atoms with Gasteiger partial charge in [-0.15, -0.1) is 0 Å². The minimum absolute atomic E-state index is 0.228. The Hall–Kier alpha value is -0.840. The summed E-state index contributed by atoms with van der Waals surface area (Å²) in [5, 5.41) is 0. The summed E-state index contributed by atoms with van der Waals surface area (Å²) in [6, 6.07) is 4.75. The minimum Gasteiger partial charge on any atom is -0.468 e. The smallest absolute Gasteiger partial charge is 0.122 e. The van der Waals surface area contributed by atoms with Crippen molar-refractivity contribution in [1.82, 2.24) is 9.80 Å². The van der Waals surface area contributed by atoms with Crippen molar-refractivity contribution in [3.63, 3.8) is 0 Å². The van der Waals surface area contributed by atoms with Crippen molar-refractivity contribution in [2.75, 3.05) is 33.2 Å². The summed E-state index contributed by atoms with van der Waals surface area (Å²) in [5.41, 5.74) is 5.86. The minimum atomic E-state index is 0.228. The summed E-state index contributed by atoms with van der Waals surface area (Å²) in [4.78, 5) is 4.80. The first kappa shape index (κ1) is 11.6. The highest BCUT2D eigenvalue weighted by Crippen LogP contribution is 2.22. The largest absolute Gasteiger partial charge is 0.468 e. The quantitative estimate of drug-likeness (QED) is 0.827. The summed E-state index contributed by atoms with van der Waals surface area (Å²) in [5.74, 6) is 0.985. The Balaban J connectivity index is 2.05. The molecule has 2 N–H and O–H groups in total. The van der Waals surface area contributed by atoms with Gasteiger partial charge in [0.1, 0.15) is 5.76 Å². The molecule has 1 saturated heterocycles. The van der Waals surface area contributed by atoms with Gasteiger partial charge in [0.2, 0.25) is 0 Å². The van der Waals surface area contributed by atoms with Crippen molar-refractivity contribution >= 4 is 0 Å². The molecule has 0 aliphatic carbocycles. The van der Waals surface area contributed by atoms with Crippen molar-refractivity contribution in [2.45, 2.75) is 19.0 Å². The fourth-order valence-corrected chi connectivity index (χ4v) is 2.29. The van der Waals surface area contributed by atoms with Crippen LogP contribution >= 0.6 is 0 Å². The molecule has 2 heterocycles. The molecule has 16 heavy (non-hydrogen) atoms. The van der Waals surface area contributed by atoms with Crippen molar-refractivity contribution in [2.24, 2.45) is 5.73 Å². The number of nitrogens with zero attached hydrogens (tertiary/aromatic N) is 2. The predicted molar refractivity (Wildman–Crippen MR) is 64.2 cm³/mol. The van der Waals surface area contributed by atoms with Crippen molar-refractivity contribution < 1.29 is 4.42 Å². The van der Waals surface area contributed by atoms with Gasteiger partial charge in [0.25, 0.3) is 0 Å². The zero-order valence-electron chi connectivity index (χ0n) is 10.1. The van der Waals surface area contributed by atoms with Gasteiger partial charge in [-0.25, -0.2) is 0 Å². The molecule has 0 saturated carbocycles. The molecule has 0 radical (unpaired) electrons. The molecule has 2 rings (SSSR count). The molecule has 1 aromatic rings. The standard InChI is InChI=1S/C12H21N3O/c1-10-9-15(6-5-14(10)2)11(8-13)12-4-3-7-16-12/h3-4,7,10-11H,5-6,8-9,13H2,1-2H3. The van der Waals surface area contributed by atoms with Crippen LogP contribution in [0.3, 0.4) is 0 Å². The number of piperazine rings is 1. The second-order valence-corrected chi connectivity index (χ2v) is 4.59. The van der Waals surface area contributed by atoms with Crippen molar-refractivity contribution in [3.05, 3.63) is 24.2 Å². The maximum Gasteiger partial charge on any atom is 0.122 e. The molecule has 0 amide bonds. The van der Waals surface area contributed by atoms with E-state index in [0.29, 0.717) is 12.6 Å². The SMILES string of the molecule is CC1CN(C(CN)c2ccco2)CCN1C. The van der Waals surface area contributed by atoms with Gasteiger partial charge in [0.05, 0.1) is 12.3 Å². The van der Waals surface area contributed by atoms with E-state index in [0.717, 1.165) is 25.4 Å². The van der Waals surface area contributed by atoms with E-state index in [2.05, 4.69) is 23.8 Å². The summed E-state index contributed by atoms with van der Waals surface area (Å²) in [7, 11) is 2.17. The van der Waals surface area contributed by atoms with Gasteiger partial charge in [-0.1, -0.05) is 0 Å². The molecule has 2 unspecified atom stereocenters. The number of furan rings is 1. The molecule has 0 spiro atoms. The lowest BCUT2D eigenvalue weighted by Gasteiger charge is -2.40. The molecule has 2 atom stereocenters. The lowest BCUT2D eigenvalue weighted by Crippen LogP contribution is -2.52. The molecule has 1 aliphatic heterocycles. The van der Waals surface area contributed by atoms with E-state index in [-0.39, 0.29) is 6.04 Å². The third kappa shape index (κ3) is 2.29. The number of likely N-dealkylation sites (N-methyl/N-ethyl adjacent to an activating group) is 1. The first-order valence-corrected chi connectivity index (χ1v) is 5.90. The van der Waals surface area contributed by atoms with Crippen molar-refractivity contribution in [1.29, 1.82) is 0 Å². The molecule has 90 valence electrons. The highest BCUT2D eigenvalue weighted by molar-refractivity contribution is 5.06. The fourth-order valence-electron chi connectivity index (χ4n) is 2.29. The monoisotopic (exact) mass is 223 g/mol. The first-order chi connectivity index (χ1) is 7.72. The third-order valence-corrected chi connectivity index (χ3v) is 3.53. The van der Waals surface area contributed by atoms with E-state index in [1.165, 1.54) is 0 Å². The van der Waals surface area contributed by atoms with Gasteiger partial charge in [0.15, 0.2) is 0 Å². The van der Waals surface area contributed by atoms with Crippen LogP contribution in [-0.4, -0.2) is 49.1 Å². The van der Waals surface area contributed by atoms with E-state index >= 15 is 0 Å². The molecule has 1 aliphatic rings. The van der Waals surface area contributed by atoms with Gasteiger partial charge in [-0.3, -0.25) is 4.90 Å². The summed E-state index contributed by atoms with van der Waals surface area (Å²) >= 11 is 0. The van der Waals surface area contributed by atoms with E-state index in [1.807, 2.05) is 12.1 Å². The van der Waals surface area contributed by atoms with Gasteiger partial charge in [0, 0.05) is 32.2 Å². The second-order valence-electron chi connectivity index (χ2n) is 4.59. The van der Waals surface area contributed by atoms with E-state index in [4.69, 9.17) is 10.2 Å². The Bertz CT molecular complexity index is 312. The Morgan fingerprint density at radius 1 is 1.56 bits per heavy atom. The van der Waals surface area contributed by atoms with Crippen LogP contribution in [0.25, 0.3) is 0 Å². The molecule has 4 heteroatoms. The Labute approximate surface area is 97.0 Å². The highest BCUT2D eigenvalue weighted by Gasteiger charge is 2.27. The summed E-state index contributed by atoms with van der Waals surface area (Å²) in [6.45, 7) is 6.08. The van der Waals surface area contributed by atoms with Gasteiger partial charge >= 0.3 is 0 Å². The maximum absolute atomic E-state index is 5.86. The van der Waals surface area contributed by atoms with Crippen LogP contribution in [0, 0.1) is 0 Å². The number of hydrogen-bond donors (Lipinski definition) is 1. The van der Waals surface area contributed by atoms with Gasteiger partial charge < -0.3 is 15.1 Å². The fraction of sp³-hybridized carbons (Fsp3) is 0.667. The molecule has 0 bridgehead atoms. The summed E-state index contributed by atoms with van der Waals surface area (Å²) in [6.07, 6.45) is 1.72. The second kappa shape index (κ2) is 4.99. The molecule has 0 aromatic carbocycles. The molecular weight excluding hydrogens is 202 g/mol. The van der Waals surface area contributed by atoms with Crippen molar-refractivity contribution in [3.8, 4) is 0 Å². The number of rotatable bonds is 3. The predicted octanol–water partition coefficient (Wildman–Crippen LogP) is 0.915. The zero-order valence-corrected chi connectivity index (χ0v) is 10.1. The average molecular weight is 223 g/mol. The van der Waals surface area contributed by atoms with Crippen LogP contribution in [0.15, 0.2) is 22.8 Å². The van der Waals surface area contributed by atoms with Crippen LogP contribution in [0.4, 0.5) is 0 Å².